The molecule has 1 heterocycles. The smallest absolute Gasteiger partial charge is 0.326 e. The van der Waals surface area contributed by atoms with E-state index in [2.05, 4.69) is 26.6 Å². The molecule has 0 fully saturated rings. The average Bonchev–Trinajstić information content (AvgIpc) is 3.47. The van der Waals surface area contributed by atoms with E-state index in [4.69, 9.17) is 0 Å². The predicted molar refractivity (Wildman–Crippen MR) is 154 cm³/mol. The van der Waals surface area contributed by atoms with E-state index >= 15 is 0 Å². The van der Waals surface area contributed by atoms with Crippen molar-refractivity contribution in [3.05, 3.63) is 83.9 Å². The van der Waals surface area contributed by atoms with Gasteiger partial charge in [0.2, 0.25) is 5.91 Å². The van der Waals surface area contributed by atoms with Gasteiger partial charge in [-0.25, -0.2) is 9.79 Å². The van der Waals surface area contributed by atoms with Crippen LogP contribution in [0.25, 0.3) is 11.1 Å². The van der Waals surface area contributed by atoms with Crippen LogP contribution < -0.4 is 5.32 Å². The molecule has 1 amide bonds. The van der Waals surface area contributed by atoms with Crippen molar-refractivity contribution < 1.29 is 14.7 Å². The quantitative estimate of drug-likeness (QED) is 0.268. The number of benzene rings is 3. The maximum absolute atomic E-state index is 13.0. The van der Waals surface area contributed by atoms with Gasteiger partial charge in [-0.3, -0.25) is 4.79 Å². The number of carbonyl (C=O) groups is 2. The first-order valence-electron chi connectivity index (χ1n) is 13.4. The number of aliphatic carboxylic acids is 1. The van der Waals surface area contributed by atoms with Gasteiger partial charge in [0.15, 0.2) is 12.5 Å². The Bertz CT molecular complexity index is 1350. The Morgan fingerprint density at radius 2 is 1.72 bits per heavy atom. The molecule has 0 aliphatic carbocycles. The molecule has 8 nitrogen and oxygen atoms in total. The van der Waals surface area contributed by atoms with Crippen LogP contribution in [0.2, 0.25) is 0 Å². The Morgan fingerprint density at radius 3 is 2.33 bits per heavy atom. The van der Waals surface area contributed by atoms with E-state index in [-0.39, 0.29) is 18.4 Å². The number of anilines is 2. The number of carbonyl (C=O) groups excluding carboxylic acids is 1. The van der Waals surface area contributed by atoms with Crippen LogP contribution in [0, 0.1) is 5.92 Å². The third-order valence-electron chi connectivity index (χ3n) is 6.67. The number of para-hydroxylation sites is 1. The van der Waals surface area contributed by atoms with Gasteiger partial charge >= 0.3 is 5.97 Å². The second kappa shape index (κ2) is 13.0. The zero-order chi connectivity index (χ0) is 27.8. The van der Waals surface area contributed by atoms with Crippen LogP contribution in [0.5, 0.6) is 0 Å². The fourth-order valence-corrected chi connectivity index (χ4v) is 4.69. The van der Waals surface area contributed by atoms with Gasteiger partial charge in [-0.05, 0) is 59.4 Å². The number of rotatable bonds is 12. The van der Waals surface area contributed by atoms with E-state index in [0.29, 0.717) is 18.9 Å². The number of nitrogens with one attached hydrogen (secondary N) is 1. The highest BCUT2D eigenvalue weighted by atomic mass is 16.4. The maximum atomic E-state index is 13.0. The maximum Gasteiger partial charge on any atom is 0.326 e. The van der Waals surface area contributed by atoms with Crippen molar-refractivity contribution in [2.45, 2.75) is 52.6 Å². The Balaban J connectivity index is 1.64. The first-order chi connectivity index (χ1) is 18.9. The minimum atomic E-state index is -0.981. The van der Waals surface area contributed by atoms with Gasteiger partial charge in [-0.15, -0.1) is 5.11 Å². The van der Waals surface area contributed by atoms with Crippen LogP contribution in [0.3, 0.4) is 0 Å². The van der Waals surface area contributed by atoms with E-state index in [1.165, 1.54) is 4.90 Å². The third kappa shape index (κ3) is 6.96. The highest BCUT2D eigenvalue weighted by molar-refractivity contribution is 6.06. The van der Waals surface area contributed by atoms with Gasteiger partial charge in [0, 0.05) is 29.9 Å². The highest BCUT2D eigenvalue weighted by Crippen LogP contribution is 2.31. The molecule has 1 aliphatic heterocycles. The number of carboxylic acid groups (broad SMARTS) is 1. The van der Waals surface area contributed by atoms with Crippen molar-refractivity contribution >= 4 is 29.1 Å². The van der Waals surface area contributed by atoms with Crippen molar-refractivity contribution in [3.63, 3.8) is 0 Å². The van der Waals surface area contributed by atoms with E-state index in [9.17, 15) is 14.7 Å². The number of hydrogen-bond acceptors (Lipinski definition) is 6. The normalized spacial score (nSPS) is 13.3. The molecule has 0 saturated carbocycles. The van der Waals surface area contributed by atoms with Crippen molar-refractivity contribution in [2.75, 3.05) is 12.0 Å². The van der Waals surface area contributed by atoms with E-state index in [0.717, 1.165) is 46.5 Å². The topological polar surface area (TPSA) is 107 Å². The molecule has 1 atom stereocenters. The molecule has 0 spiro atoms. The van der Waals surface area contributed by atoms with Gasteiger partial charge in [-0.2, -0.15) is 5.11 Å². The monoisotopic (exact) mass is 525 g/mol. The van der Waals surface area contributed by atoms with Crippen molar-refractivity contribution in [1.82, 2.24) is 4.90 Å². The Hall–Kier alpha value is -4.33. The lowest BCUT2D eigenvalue weighted by Crippen LogP contribution is -2.47. The Kier molecular flexibility index (Phi) is 9.20. The minimum absolute atomic E-state index is 0.131. The number of aliphatic imine (C=N–C) groups is 1. The first kappa shape index (κ1) is 27.7. The zero-order valence-corrected chi connectivity index (χ0v) is 22.7. The summed E-state index contributed by atoms with van der Waals surface area (Å²) in [5.41, 5.74) is 5.56. The van der Waals surface area contributed by atoms with Crippen LogP contribution in [-0.2, 0) is 16.1 Å². The van der Waals surface area contributed by atoms with E-state index < -0.39 is 12.0 Å². The summed E-state index contributed by atoms with van der Waals surface area (Å²) < 4.78 is 0. The van der Waals surface area contributed by atoms with Gasteiger partial charge in [0.05, 0.1) is 0 Å². The van der Waals surface area contributed by atoms with Crippen molar-refractivity contribution in [3.8, 4) is 11.1 Å². The van der Waals surface area contributed by atoms with Crippen molar-refractivity contribution in [2.24, 2.45) is 21.1 Å². The van der Waals surface area contributed by atoms with E-state index in [1.807, 2.05) is 87.5 Å². The summed E-state index contributed by atoms with van der Waals surface area (Å²) >= 11 is 0. The predicted octanol–water partition coefficient (Wildman–Crippen LogP) is 6.90. The fourth-order valence-electron chi connectivity index (χ4n) is 4.69. The number of azo groups is 1. The summed E-state index contributed by atoms with van der Waals surface area (Å²) in [6.07, 6.45) is 1.95. The van der Waals surface area contributed by atoms with Crippen LogP contribution >= 0.6 is 0 Å². The number of carboxylic acids is 1. The molecule has 0 bridgehead atoms. The van der Waals surface area contributed by atoms with Crippen LogP contribution in [0.15, 0.2) is 88.0 Å². The third-order valence-corrected chi connectivity index (χ3v) is 6.67. The second-order valence-electron chi connectivity index (χ2n) is 9.97. The molecule has 3 aromatic carbocycles. The SMILES string of the molecule is CCCCC(=O)N(Cc1ccc(-c2cc(Nc3ccccc3)ccc2C2=NCN=N2)cc1)[C@H](C(=O)O)C(C)C. The molecule has 39 heavy (non-hydrogen) atoms. The molecule has 202 valence electrons. The number of amides is 1. The number of unbranched alkanes of at least 4 members (excludes halogenated alkanes) is 1. The van der Waals surface area contributed by atoms with Crippen molar-refractivity contribution in [1.29, 1.82) is 0 Å². The number of hydrogen-bond donors (Lipinski definition) is 2. The standard InChI is InChI=1S/C31H35N5O3/c1-4-5-11-28(37)36(29(21(2)3)31(38)39)19-22-12-14-23(15-13-22)27-18-25(34-24-9-7-6-8-10-24)16-17-26(27)30-32-20-33-35-30/h6-10,12-18,21,29,34H,4-5,11,19-20H2,1-3H3,(H,38,39)/t29-/m0/s1. The fraction of sp³-hybridized carbons (Fsp3) is 0.323. The van der Waals surface area contributed by atoms with Crippen LogP contribution in [0.4, 0.5) is 11.4 Å². The molecule has 3 aromatic rings. The molecule has 0 unspecified atom stereocenters. The second-order valence-corrected chi connectivity index (χ2v) is 9.97. The molecule has 0 radical (unpaired) electrons. The number of amidine groups is 1. The number of nitrogens with zero attached hydrogens (tertiary/aromatic N) is 4. The molecule has 0 aromatic heterocycles. The first-order valence-corrected chi connectivity index (χ1v) is 13.4. The summed E-state index contributed by atoms with van der Waals surface area (Å²) in [6, 6.07) is 23.0. The lowest BCUT2D eigenvalue weighted by molar-refractivity contribution is -0.153. The van der Waals surface area contributed by atoms with Crippen LogP contribution in [-0.4, -0.2) is 40.4 Å². The average molecular weight is 526 g/mol. The molecule has 0 saturated heterocycles. The minimum Gasteiger partial charge on any atom is -0.480 e. The molecule has 4 rings (SSSR count). The molecule has 2 N–H and O–H groups in total. The van der Waals surface area contributed by atoms with Gasteiger partial charge in [0.1, 0.15) is 6.04 Å². The van der Waals surface area contributed by atoms with Gasteiger partial charge in [-0.1, -0.05) is 69.7 Å². The molecule has 1 aliphatic rings. The summed E-state index contributed by atoms with van der Waals surface area (Å²) in [5.74, 6) is -0.732. The largest absolute Gasteiger partial charge is 0.480 e. The van der Waals surface area contributed by atoms with Crippen LogP contribution in [0.1, 0.15) is 51.2 Å². The Morgan fingerprint density at radius 1 is 0.974 bits per heavy atom. The highest BCUT2D eigenvalue weighted by Gasteiger charge is 2.32. The Labute approximate surface area is 229 Å². The van der Waals surface area contributed by atoms with Gasteiger partial charge < -0.3 is 15.3 Å². The lowest BCUT2D eigenvalue weighted by atomic mass is 9.96. The molecule has 8 heteroatoms. The molecular weight excluding hydrogens is 490 g/mol. The summed E-state index contributed by atoms with van der Waals surface area (Å²) in [7, 11) is 0. The zero-order valence-electron chi connectivity index (χ0n) is 22.7. The summed E-state index contributed by atoms with van der Waals surface area (Å²) in [5, 5.41) is 21.6. The van der Waals surface area contributed by atoms with Gasteiger partial charge in [0.25, 0.3) is 0 Å². The summed E-state index contributed by atoms with van der Waals surface area (Å²) in [6.45, 7) is 6.25. The lowest BCUT2D eigenvalue weighted by Gasteiger charge is -2.32. The summed E-state index contributed by atoms with van der Waals surface area (Å²) in [4.78, 5) is 31.1. The van der Waals surface area contributed by atoms with E-state index in [1.54, 1.807) is 0 Å². The molecular formula is C31H35N5O3.